The summed E-state index contributed by atoms with van der Waals surface area (Å²) in [4.78, 5) is 40.6. The second kappa shape index (κ2) is 13.3. The van der Waals surface area contributed by atoms with E-state index in [9.17, 15) is 22.8 Å². The zero-order valence-electron chi connectivity index (χ0n) is 20.2. The zero-order chi connectivity index (χ0) is 25.9. The van der Waals surface area contributed by atoms with Gasteiger partial charge >= 0.3 is 6.09 Å². The lowest BCUT2D eigenvalue weighted by atomic mass is 10.0. The van der Waals surface area contributed by atoms with Crippen LogP contribution in [0.5, 0.6) is 0 Å². The van der Waals surface area contributed by atoms with Gasteiger partial charge in [-0.15, -0.1) is 0 Å². The van der Waals surface area contributed by atoms with Crippen molar-refractivity contribution < 1.29 is 27.5 Å². The molecule has 1 aromatic carbocycles. The lowest BCUT2D eigenvalue weighted by Crippen LogP contribution is -2.44. The predicted octanol–water partition coefficient (Wildman–Crippen LogP) is 2.50. The quantitative estimate of drug-likeness (QED) is 0.176. The largest absolute Gasteiger partial charge is 0.444 e. The van der Waals surface area contributed by atoms with Crippen molar-refractivity contribution in [2.24, 2.45) is 10.7 Å². The Morgan fingerprint density at radius 1 is 1.18 bits per heavy atom. The molecular formula is C22H34N4O6S2. The van der Waals surface area contributed by atoms with E-state index in [1.54, 1.807) is 39.8 Å². The topological polar surface area (TPSA) is 157 Å². The molecule has 0 aliphatic carbocycles. The molecule has 0 aromatic heterocycles. The van der Waals surface area contributed by atoms with Crippen molar-refractivity contribution in [3.8, 4) is 0 Å². The number of nitrogens with two attached hydrogens (primary N) is 1. The molecule has 0 bridgehead atoms. The summed E-state index contributed by atoms with van der Waals surface area (Å²) in [7, 11) is -3.87. The molecule has 1 rings (SSSR count). The number of ketones is 1. The Hall–Kier alpha value is -2.60. The number of hydrogen-bond donors (Lipinski definition) is 3. The fourth-order valence-corrected chi connectivity index (χ4v) is 4.20. The number of aliphatic imine (C=N–C) groups is 1. The molecule has 0 aliphatic rings. The number of alkyl carbamates (subject to hydrolysis) is 1. The molecular weight excluding hydrogens is 480 g/mol. The predicted molar refractivity (Wildman–Crippen MR) is 133 cm³/mol. The molecule has 190 valence electrons. The molecule has 4 N–H and O–H groups in total. The second-order valence-corrected chi connectivity index (χ2v) is 11.5. The van der Waals surface area contributed by atoms with Crippen molar-refractivity contribution in [3.63, 3.8) is 0 Å². The van der Waals surface area contributed by atoms with Crippen LogP contribution in [0.25, 0.3) is 0 Å². The maximum Gasteiger partial charge on any atom is 0.408 e. The van der Waals surface area contributed by atoms with Crippen LogP contribution in [0.2, 0.25) is 0 Å². The van der Waals surface area contributed by atoms with Gasteiger partial charge in [-0.1, -0.05) is 36.4 Å². The molecule has 34 heavy (non-hydrogen) atoms. The van der Waals surface area contributed by atoms with E-state index in [1.165, 1.54) is 12.1 Å². The maximum absolute atomic E-state index is 12.6. The van der Waals surface area contributed by atoms with Gasteiger partial charge in [0.15, 0.2) is 10.9 Å². The van der Waals surface area contributed by atoms with Gasteiger partial charge in [0.2, 0.25) is 5.96 Å². The van der Waals surface area contributed by atoms with Gasteiger partial charge in [0.1, 0.15) is 5.60 Å². The van der Waals surface area contributed by atoms with Gasteiger partial charge in [-0.05, 0) is 58.4 Å². The highest BCUT2D eigenvalue weighted by molar-refractivity contribution is 8.13. The number of carbonyl (C=O) groups excluding carboxylic acids is 3. The number of benzene rings is 1. The minimum Gasteiger partial charge on any atom is -0.444 e. The van der Waals surface area contributed by atoms with Crippen molar-refractivity contribution in [2.45, 2.75) is 70.4 Å². The van der Waals surface area contributed by atoms with E-state index >= 15 is 0 Å². The summed E-state index contributed by atoms with van der Waals surface area (Å²) < 4.78 is 32.1. The number of nitrogens with one attached hydrogen (secondary N) is 2. The minimum atomic E-state index is -3.87. The summed E-state index contributed by atoms with van der Waals surface area (Å²) in [6, 6.07) is 5.31. The van der Waals surface area contributed by atoms with E-state index in [-0.39, 0.29) is 35.4 Å². The first-order chi connectivity index (χ1) is 15.7. The third kappa shape index (κ3) is 11.5. The standard InChI is InChI=1S/C22H34N4O6S2/c1-6-33-19(28)14-18(27)17(25-21(29)32-22(3,4)5)8-7-13-24-20(23)26-34(30,31)16-11-9-15(2)10-12-16/h9-12,17H,6-8,13-14H2,1-5H3,(H,25,29)(H3,23,24,26). The molecule has 10 nitrogen and oxygen atoms in total. The van der Waals surface area contributed by atoms with Crippen molar-refractivity contribution in [1.82, 2.24) is 10.0 Å². The summed E-state index contributed by atoms with van der Waals surface area (Å²) in [5, 5.41) is 2.23. The highest BCUT2D eigenvalue weighted by atomic mass is 32.2. The van der Waals surface area contributed by atoms with E-state index in [2.05, 4.69) is 15.0 Å². The molecule has 1 amide bonds. The van der Waals surface area contributed by atoms with Gasteiger partial charge in [-0.3, -0.25) is 14.6 Å². The van der Waals surface area contributed by atoms with Crippen LogP contribution in [0.15, 0.2) is 34.2 Å². The van der Waals surface area contributed by atoms with Crippen LogP contribution >= 0.6 is 11.8 Å². The van der Waals surface area contributed by atoms with Gasteiger partial charge in [0.25, 0.3) is 10.0 Å². The van der Waals surface area contributed by atoms with E-state index in [4.69, 9.17) is 10.5 Å². The van der Waals surface area contributed by atoms with Crippen LogP contribution in [0, 0.1) is 6.92 Å². The molecule has 0 aliphatic heterocycles. The molecule has 0 saturated carbocycles. The van der Waals surface area contributed by atoms with Crippen molar-refractivity contribution in [1.29, 1.82) is 0 Å². The number of aryl methyl sites for hydroxylation is 1. The molecule has 0 saturated heterocycles. The summed E-state index contributed by atoms with van der Waals surface area (Å²) in [5.74, 6) is -0.185. The Morgan fingerprint density at radius 2 is 1.79 bits per heavy atom. The third-order valence-corrected chi connectivity index (χ3v) is 6.33. The number of ether oxygens (including phenoxy) is 1. The summed E-state index contributed by atoms with van der Waals surface area (Å²) >= 11 is 1.04. The van der Waals surface area contributed by atoms with E-state index in [0.29, 0.717) is 12.2 Å². The fraction of sp³-hybridized carbons (Fsp3) is 0.545. The van der Waals surface area contributed by atoms with Crippen molar-refractivity contribution in [2.75, 3.05) is 12.3 Å². The molecule has 0 fully saturated rings. The molecule has 0 radical (unpaired) electrons. The number of rotatable bonds is 11. The van der Waals surface area contributed by atoms with Crippen molar-refractivity contribution >= 4 is 44.7 Å². The van der Waals surface area contributed by atoms with E-state index < -0.39 is 33.5 Å². The maximum atomic E-state index is 12.6. The lowest BCUT2D eigenvalue weighted by Gasteiger charge is -2.23. The number of guanidine groups is 1. The highest BCUT2D eigenvalue weighted by Gasteiger charge is 2.25. The van der Waals surface area contributed by atoms with Crippen LogP contribution < -0.4 is 15.8 Å². The van der Waals surface area contributed by atoms with Crippen LogP contribution in [0.3, 0.4) is 0 Å². The van der Waals surface area contributed by atoms with Crippen LogP contribution in [0.4, 0.5) is 4.79 Å². The van der Waals surface area contributed by atoms with Crippen LogP contribution in [-0.4, -0.2) is 55.3 Å². The first kappa shape index (κ1) is 29.4. The van der Waals surface area contributed by atoms with Gasteiger partial charge in [0.05, 0.1) is 17.4 Å². The smallest absolute Gasteiger partial charge is 0.408 e. The lowest BCUT2D eigenvalue weighted by molar-refractivity contribution is -0.125. The SMILES string of the molecule is CCSC(=O)CC(=O)C(CCCN=C(N)NS(=O)(=O)c1ccc(C)cc1)NC(=O)OC(C)(C)C. The minimum absolute atomic E-state index is 0.0538. The molecule has 12 heteroatoms. The Labute approximate surface area is 205 Å². The van der Waals surface area contributed by atoms with E-state index in [0.717, 1.165) is 17.3 Å². The third-order valence-electron chi connectivity index (χ3n) is 4.21. The number of carbonyl (C=O) groups is 3. The monoisotopic (exact) mass is 514 g/mol. The normalized spacial score (nSPS) is 13.1. The number of hydrogen-bond acceptors (Lipinski definition) is 8. The van der Waals surface area contributed by atoms with E-state index in [1.807, 2.05) is 6.92 Å². The van der Waals surface area contributed by atoms with Gasteiger partial charge in [0, 0.05) is 6.54 Å². The fourth-order valence-electron chi connectivity index (χ4n) is 2.68. The number of thioether (sulfide) groups is 1. The number of amides is 1. The number of Topliss-reactive ketones (excluding diaryl/α,β-unsaturated/α-hetero) is 1. The van der Waals surface area contributed by atoms with Gasteiger partial charge < -0.3 is 15.8 Å². The highest BCUT2D eigenvalue weighted by Crippen LogP contribution is 2.12. The van der Waals surface area contributed by atoms with Crippen molar-refractivity contribution in [3.05, 3.63) is 29.8 Å². The Bertz CT molecular complexity index is 986. The zero-order valence-corrected chi connectivity index (χ0v) is 21.8. The average Bonchev–Trinajstić information content (AvgIpc) is 2.68. The van der Waals surface area contributed by atoms with Crippen LogP contribution in [0.1, 0.15) is 52.5 Å². The Morgan fingerprint density at radius 3 is 2.35 bits per heavy atom. The summed E-state index contributed by atoms with van der Waals surface area (Å²) in [5.41, 5.74) is 5.87. The average molecular weight is 515 g/mol. The summed E-state index contributed by atoms with van der Waals surface area (Å²) in [6.07, 6.45) is -0.617. The van der Waals surface area contributed by atoms with Crippen LogP contribution in [-0.2, 0) is 24.3 Å². The molecule has 1 aromatic rings. The van der Waals surface area contributed by atoms with Gasteiger partial charge in [-0.25, -0.2) is 17.9 Å². The number of sulfonamides is 1. The molecule has 1 unspecified atom stereocenters. The van der Waals surface area contributed by atoms with Gasteiger partial charge in [-0.2, -0.15) is 0 Å². The Kier molecular flexibility index (Phi) is 11.5. The Balaban J connectivity index is 2.73. The second-order valence-electron chi connectivity index (χ2n) is 8.47. The molecule has 0 heterocycles. The summed E-state index contributed by atoms with van der Waals surface area (Å²) in [6.45, 7) is 8.83. The first-order valence-corrected chi connectivity index (χ1v) is 13.3. The molecule has 1 atom stereocenters. The number of nitrogens with zero attached hydrogens (tertiary/aromatic N) is 1. The first-order valence-electron chi connectivity index (χ1n) is 10.8. The molecule has 0 spiro atoms.